The van der Waals surface area contributed by atoms with Gasteiger partial charge >= 0.3 is 10.1 Å². The first-order valence-electron chi connectivity index (χ1n) is 10.3. The molecular formula is C23H24ClNO5S. The van der Waals surface area contributed by atoms with E-state index in [9.17, 15) is 8.42 Å². The minimum absolute atomic E-state index is 0.131. The fourth-order valence-electron chi connectivity index (χ4n) is 5.15. The van der Waals surface area contributed by atoms with Crippen LogP contribution in [0.2, 0.25) is 5.02 Å². The van der Waals surface area contributed by atoms with Crippen molar-refractivity contribution in [1.29, 1.82) is 0 Å². The summed E-state index contributed by atoms with van der Waals surface area (Å²) in [7, 11) is -0.490. The van der Waals surface area contributed by atoms with Crippen molar-refractivity contribution in [3.8, 4) is 17.2 Å². The van der Waals surface area contributed by atoms with Gasteiger partial charge in [-0.1, -0.05) is 17.7 Å². The number of ether oxygens (including phenoxy) is 2. The van der Waals surface area contributed by atoms with Gasteiger partial charge in [0.1, 0.15) is 0 Å². The summed E-state index contributed by atoms with van der Waals surface area (Å²) in [5, 5.41) is 4.05. The third-order valence-corrected chi connectivity index (χ3v) is 7.31. The Morgan fingerprint density at radius 3 is 2.39 bits per heavy atom. The highest BCUT2D eigenvalue weighted by atomic mass is 35.5. The molecule has 1 saturated heterocycles. The zero-order chi connectivity index (χ0) is 21.9. The monoisotopic (exact) mass is 461 g/mol. The Hall–Kier alpha value is -2.22. The molecule has 0 radical (unpaired) electrons. The second kappa shape index (κ2) is 7.43. The number of halogens is 1. The second-order valence-corrected chi connectivity index (χ2v) is 10.2. The van der Waals surface area contributed by atoms with Gasteiger partial charge in [-0.25, -0.2) is 0 Å². The maximum absolute atomic E-state index is 11.8. The topological polar surface area (TPSA) is 65.1 Å². The number of hydrogen-bond acceptors (Lipinski definition) is 6. The molecule has 2 aliphatic heterocycles. The molecule has 5 rings (SSSR count). The summed E-state index contributed by atoms with van der Waals surface area (Å²) in [6.07, 6.45) is 4.35. The van der Waals surface area contributed by atoms with Crippen LogP contribution in [0.4, 0.5) is 0 Å². The van der Waals surface area contributed by atoms with Crippen molar-refractivity contribution >= 4 is 43.3 Å². The summed E-state index contributed by atoms with van der Waals surface area (Å²) >= 11 is 6.78. The average Bonchev–Trinajstić information content (AvgIpc) is 3.19. The van der Waals surface area contributed by atoms with E-state index in [1.54, 1.807) is 20.3 Å². The lowest BCUT2D eigenvalue weighted by molar-refractivity contribution is 0.229. The average molecular weight is 462 g/mol. The Balaban J connectivity index is 1.89. The molecule has 8 heteroatoms. The third kappa shape index (κ3) is 3.39. The Bertz CT molecular complexity index is 1320. The molecule has 0 N–H and O–H groups in total. The lowest BCUT2D eigenvalue weighted by atomic mass is 9.85. The minimum Gasteiger partial charge on any atom is -0.493 e. The van der Waals surface area contributed by atoms with Crippen LogP contribution in [0, 0.1) is 0 Å². The largest absolute Gasteiger partial charge is 0.493 e. The van der Waals surface area contributed by atoms with Gasteiger partial charge in [0.2, 0.25) is 0 Å². The van der Waals surface area contributed by atoms with Crippen LogP contribution in [0.3, 0.4) is 0 Å². The first kappa shape index (κ1) is 20.7. The Kier molecular flexibility index (Phi) is 4.95. The van der Waals surface area contributed by atoms with Gasteiger partial charge in [0.05, 0.1) is 25.5 Å². The molecule has 0 saturated carbocycles. The Labute approximate surface area is 186 Å². The van der Waals surface area contributed by atoms with Crippen LogP contribution in [-0.4, -0.2) is 46.4 Å². The molecule has 1 fully saturated rings. The SMILES string of the molecule is COc1cc2c3c(c4ccc(OS(C)(=O)=O)c(Cl)c4c2cc1OC)C[C@@H]1CCCN1C3. The highest BCUT2D eigenvalue weighted by molar-refractivity contribution is 7.86. The first-order chi connectivity index (χ1) is 14.8. The van der Waals surface area contributed by atoms with Crippen LogP contribution in [-0.2, 0) is 23.1 Å². The second-order valence-electron chi connectivity index (χ2n) is 8.27. The maximum Gasteiger partial charge on any atom is 0.306 e. The molecule has 0 aromatic heterocycles. The number of methoxy groups -OCH3 is 2. The van der Waals surface area contributed by atoms with Crippen molar-refractivity contribution in [3.63, 3.8) is 0 Å². The summed E-state index contributed by atoms with van der Waals surface area (Å²) in [5.41, 5.74) is 2.54. The molecular weight excluding hydrogens is 438 g/mol. The van der Waals surface area contributed by atoms with E-state index in [2.05, 4.69) is 4.90 Å². The van der Waals surface area contributed by atoms with E-state index in [-0.39, 0.29) is 10.8 Å². The van der Waals surface area contributed by atoms with Gasteiger partial charge in [-0.05, 0) is 71.3 Å². The minimum atomic E-state index is -3.71. The molecule has 164 valence electrons. The summed E-state index contributed by atoms with van der Waals surface area (Å²) in [5.74, 6) is 1.38. The van der Waals surface area contributed by atoms with Crippen LogP contribution in [0.15, 0.2) is 24.3 Å². The molecule has 31 heavy (non-hydrogen) atoms. The fourth-order valence-corrected chi connectivity index (χ4v) is 5.96. The van der Waals surface area contributed by atoms with E-state index in [1.807, 2.05) is 18.2 Å². The van der Waals surface area contributed by atoms with Crippen LogP contribution < -0.4 is 13.7 Å². The zero-order valence-corrected chi connectivity index (χ0v) is 19.3. The number of nitrogens with zero attached hydrogens (tertiary/aromatic N) is 1. The summed E-state index contributed by atoms with van der Waals surface area (Å²) in [6.45, 7) is 1.99. The van der Waals surface area contributed by atoms with Gasteiger partial charge in [-0.2, -0.15) is 8.42 Å². The van der Waals surface area contributed by atoms with Crippen LogP contribution >= 0.6 is 11.6 Å². The molecule has 3 aromatic rings. The molecule has 0 bridgehead atoms. The van der Waals surface area contributed by atoms with Crippen molar-refractivity contribution < 1.29 is 22.1 Å². The summed E-state index contributed by atoms with van der Waals surface area (Å²) in [4.78, 5) is 2.55. The summed E-state index contributed by atoms with van der Waals surface area (Å²) in [6, 6.07) is 8.03. The molecule has 0 spiro atoms. The van der Waals surface area contributed by atoms with E-state index in [1.165, 1.54) is 24.0 Å². The predicted octanol–water partition coefficient (Wildman–Crippen LogP) is 4.52. The lowest BCUT2D eigenvalue weighted by Crippen LogP contribution is -2.35. The fraction of sp³-hybridized carbons (Fsp3) is 0.391. The maximum atomic E-state index is 11.8. The van der Waals surface area contributed by atoms with E-state index < -0.39 is 10.1 Å². The highest BCUT2D eigenvalue weighted by Gasteiger charge is 2.33. The first-order valence-corrected chi connectivity index (χ1v) is 12.5. The normalized spacial score (nSPS) is 18.8. The summed E-state index contributed by atoms with van der Waals surface area (Å²) < 4.78 is 39.9. The third-order valence-electron chi connectivity index (χ3n) is 6.46. The highest BCUT2D eigenvalue weighted by Crippen LogP contribution is 2.47. The number of hydrogen-bond donors (Lipinski definition) is 0. The van der Waals surface area contributed by atoms with Crippen LogP contribution in [0.5, 0.6) is 17.2 Å². The molecule has 6 nitrogen and oxygen atoms in total. The molecule has 0 aliphatic carbocycles. The van der Waals surface area contributed by atoms with Crippen molar-refractivity contribution in [2.24, 2.45) is 0 Å². The quantitative estimate of drug-likeness (QED) is 0.420. The van der Waals surface area contributed by atoms with Crippen molar-refractivity contribution in [1.82, 2.24) is 4.90 Å². The van der Waals surface area contributed by atoms with Crippen molar-refractivity contribution in [2.45, 2.75) is 31.8 Å². The number of rotatable bonds is 4. The molecule has 1 atom stereocenters. The van der Waals surface area contributed by atoms with E-state index in [0.717, 1.165) is 47.3 Å². The van der Waals surface area contributed by atoms with E-state index in [0.29, 0.717) is 17.5 Å². The van der Waals surface area contributed by atoms with Crippen molar-refractivity contribution in [3.05, 3.63) is 40.4 Å². The van der Waals surface area contributed by atoms with Gasteiger partial charge in [-0.3, -0.25) is 4.90 Å². The standard InChI is InChI=1S/C23H24ClNO5S/c1-28-20-10-16-17(11-21(20)29-2)22-14(6-7-19(23(22)24)30-31(3,26)27)15-9-13-5-4-8-25(13)12-18(15)16/h6-7,10-11,13H,4-5,8-9,12H2,1-3H3/t13-/m0/s1. The molecule has 2 heterocycles. The van der Waals surface area contributed by atoms with Gasteiger partial charge in [0.15, 0.2) is 17.2 Å². The van der Waals surface area contributed by atoms with Gasteiger partial charge in [-0.15, -0.1) is 0 Å². The zero-order valence-electron chi connectivity index (χ0n) is 17.7. The van der Waals surface area contributed by atoms with E-state index >= 15 is 0 Å². The predicted molar refractivity (Wildman–Crippen MR) is 122 cm³/mol. The smallest absolute Gasteiger partial charge is 0.306 e. The van der Waals surface area contributed by atoms with Crippen LogP contribution in [0.25, 0.3) is 21.5 Å². The lowest BCUT2D eigenvalue weighted by Gasteiger charge is -2.33. The van der Waals surface area contributed by atoms with E-state index in [4.69, 9.17) is 25.3 Å². The van der Waals surface area contributed by atoms with Crippen LogP contribution in [0.1, 0.15) is 24.0 Å². The number of benzene rings is 3. The molecule has 0 amide bonds. The Morgan fingerprint density at radius 2 is 1.71 bits per heavy atom. The molecule has 2 aliphatic rings. The van der Waals surface area contributed by atoms with Crippen molar-refractivity contribution in [2.75, 3.05) is 27.0 Å². The molecule has 3 aromatic carbocycles. The Morgan fingerprint density at radius 1 is 1.00 bits per heavy atom. The molecule has 0 unspecified atom stereocenters. The number of fused-ring (bicyclic) bond motifs is 7. The van der Waals surface area contributed by atoms with Gasteiger partial charge in [0, 0.05) is 18.0 Å². The van der Waals surface area contributed by atoms with Gasteiger partial charge in [0.25, 0.3) is 0 Å². The van der Waals surface area contributed by atoms with Gasteiger partial charge < -0.3 is 13.7 Å².